The van der Waals surface area contributed by atoms with Gasteiger partial charge < -0.3 is 14.6 Å². The number of nitrogens with zero attached hydrogens (tertiary/aromatic N) is 2. The Morgan fingerprint density at radius 2 is 1.66 bits per heavy atom. The average Bonchev–Trinajstić information content (AvgIpc) is 3.41. The van der Waals surface area contributed by atoms with Gasteiger partial charge >= 0.3 is 12.1 Å². The highest BCUT2D eigenvalue weighted by molar-refractivity contribution is 5.90. The second-order valence-electron chi connectivity index (χ2n) is 9.54. The first-order valence-electron chi connectivity index (χ1n) is 12.9. The molecule has 5 aromatic rings. The monoisotopic (exact) mass is 560 g/mol. The maximum Gasteiger partial charge on any atom is 0.416 e. The van der Waals surface area contributed by atoms with Crippen LogP contribution in [-0.4, -0.2) is 34.6 Å². The quantitative estimate of drug-likeness (QED) is 0.205. The number of esters is 1. The van der Waals surface area contributed by atoms with Gasteiger partial charge in [0, 0.05) is 11.1 Å². The number of halogens is 3. The fourth-order valence-corrected chi connectivity index (χ4v) is 4.72. The van der Waals surface area contributed by atoms with Crippen LogP contribution in [0.3, 0.4) is 0 Å². The molecule has 0 amide bonds. The number of methoxy groups -OCH3 is 1. The molecule has 1 N–H and O–H groups in total. The van der Waals surface area contributed by atoms with Crippen molar-refractivity contribution in [3.8, 4) is 34.0 Å². The number of phenolic OH excluding ortho intramolecular Hbond substituents is 1. The Bertz CT molecular complexity index is 1730. The summed E-state index contributed by atoms with van der Waals surface area (Å²) in [7, 11) is 1.60. The second-order valence-corrected chi connectivity index (χ2v) is 9.54. The minimum absolute atomic E-state index is 0.0322. The molecule has 210 valence electrons. The second kappa shape index (κ2) is 11.0. The van der Waals surface area contributed by atoms with Gasteiger partial charge in [-0.1, -0.05) is 30.3 Å². The first kappa shape index (κ1) is 27.8. The highest BCUT2D eigenvalue weighted by Gasteiger charge is 2.32. The number of hydrogen-bond donors (Lipinski definition) is 1. The number of aromatic nitrogens is 2. The SMILES string of the molecule is CCOC(=O)c1ccc([C@H](C)n2nc(-c3cc(C(F)(F)F)ccc3O)cc2-c2ccc3cc(OC)ccc3c2)cc1. The number of rotatable bonds is 7. The average molecular weight is 561 g/mol. The summed E-state index contributed by atoms with van der Waals surface area (Å²) in [6.07, 6.45) is -4.58. The minimum atomic E-state index is -4.58. The number of fused-ring (bicyclic) bond motifs is 1. The largest absolute Gasteiger partial charge is 0.507 e. The van der Waals surface area contributed by atoms with Gasteiger partial charge in [0.1, 0.15) is 11.5 Å². The normalized spacial score (nSPS) is 12.3. The lowest BCUT2D eigenvalue weighted by atomic mass is 10.0. The Morgan fingerprint density at radius 1 is 0.951 bits per heavy atom. The van der Waals surface area contributed by atoms with Crippen LogP contribution in [0.4, 0.5) is 13.2 Å². The Labute approximate surface area is 234 Å². The topological polar surface area (TPSA) is 73.6 Å². The number of aromatic hydroxyl groups is 1. The molecule has 0 fully saturated rings. The molecule has 41 heavy (non-hydrogen) atoms. The molecule has 1 heterocycles. The zero-order valence-corrected chi connectivity index (χ0v) is 22.6. The molecule has 0 saturated heterocycles. The number of ether oxygens (including phenoxy) is 2. The van der Waals surface area contributed by atoms with Gasteiger partial charge in [-0.05, 0) is 84.8 Å². The molecule has 0 spiro atoms. The van der Waals surface area contributed by atoms with Gasteiger partial charge in [-0.25, -0.2) is 4.79 Å². The summed E-state index contributed by atoms with van der Waals surface area (Å²) in [4.78, 5) is 12.1. The highest BCUT2D eigenvalue weighted by atomic mass is 19.4. The lowest BCUT2D eigenvalue weighted by Gasteiger charge is -2.17. The maximum atomic E-state index is 13.5. The van der Waals surface area contributed by atoms with Crippen molar-refractivity contribution in [2.45, 2.75) is 26.1 Å². The standard InChI is InChI=1S/C32H27F3N2O4/c1-4-41-31(39)21-7-5-20(6-8-21)19(2)37-29(24-10-9-23-16-26(40-3)13-11-22(23)15-24)18-28(36-37)27-17-25(32(33,34)35)12-14-30(27)38/h5-19,38H,4H2,1-3H3/t19-/m0/s1. The van der Waals surface area contributed by atoms with E-state index in [0.717, 1.165) is 45.8 Å². The van der Waals surface area contributed by atoms with Crippen LogP contribution in [0.5, 0.6) is 11.5 Å². The summed E-state index contributed by atoms with van der Waals surface area (Å²) in [5.74, 6) is -0.0229. The van der Waals surface area contributed by atoms with Gasteiger partial charge in [-0.3, -0.25) is 4.68 Å². The predicted octanol–water partition coefficient (Wildman–Crippen LogP) is 7.89. The van der Waals surface area contributed by atoms with Crippen molar-refractivity contribution in [2.75, 3.05) is 13.7 Å². The predicted molar refractivity (Wildman–Crippen MR) is 150 cm³/mol. The molecule has 0 aliphatic carbocycles. The first-order valence-corrected chi connectivity index (χ1v) is 12.9. The zero-order chi connectivity index (χ0) is 29.3. The van der Waals surface area contributed by atoms with Crippen molar-refractivity contribution in [2.24, 2.45) is 0 Å². The smallest absolute Gasteiger partial charge is 0.416 e. The van der Waals surface area contributed by atoms with Crippen molar-refractivity contribution in [3.05, 3.63) is 102 Å². The van der Waals surface area contributed by atoms with Crippen LogP contribution in [0.2, 0.25) is 0 Å². The van der Waals surface area contributed by atoms with Gasteiger partial charge in [0.25, 0.3) is 0 Å². The summed E-state index contributed by atoms with van der Waals surface area (Å²) < 4.78 is 52.6. The lowest BCUT2D eigenvalue weighted by Crippen LogP contribution is -2.11. The van der Waals surface area contributed by atoms with Gasteiger partial charge in [0.15, 0.2) is 0 Å². The van der Waals surface area contributed by atoms with Crippen LogP contribution < -0.4 is 4.74 Å². The van der Waals surface area contributed by atoms with Crippen molar-refractivity contribution in [1.29, 1.82) is 0 Å². The molecule has 5 rings (SSSR count). The minimum Gasteiger partial charge on any atom is -0.507 e. The van der Waals surface area contributed by atoms with E-state index in [0.29, 0.717) is 11.3 Å². The van der Waals surface area contributed by atoms with E-state index in [4.69, 9.17) is 9.47 Å². The van der Waals surface area contributed by atoms with Crippen LogP contribution in [0.25, 0.3) is 33.3 Å². The Hall–Kier alpha value is -4.79. The fourth-order valence-electron chi connectivity index (χ4n) is 4.72. The molecule has 1 atom stereocenters. The number of carbonyl (C=O) groups is 1. The first-order chi connectivity index (χ1) is 19.6. The molecule has 0 saturated carbocycles. The Kier molecular flexibility index (Phi) is 7.45. The fraction of sp³-hybridized carbons (Fsp3) is 0.188. The van der Waals surface area contributed by atoms with E-state index in [1.54, 1.807) is 49.0 Å². The Balaban J connectivity index is 1.64. The molecule has 0 bridgehead atoms. The van der Waals surface area contributed by atoms with Gasteiger partial charge in [-0.2, -0.15) is 18.3 Å². The molecular weight excluding hydrogens is 533 g/mol. The van der Waals surface area contributed by atoms with Gasteiger partial charge in [0.05, 0.1) is 42.3 Å². The number of hydrogen-bond acceptors (Lipinski definition) is 5. The number of phenols is 1. The van der Waals surface area contributed by atoms with E-state index in [2.05, 4.69) is 5.10 Å². The van der Waals surface area contributed by atoms with Crippen molar-refractivity contribution < 1.29 is 32.5 Å². The number of benzene rings is 4. The Morgan fingerprint density at radius 3 is 2.34 bits per heavy atom. The van der Waals surface area contributed by atoms with E-state index in [1.807, 2.05) is 43.3 Å². The zero-order valence-electron chi connectivity index (χ0n) is 22.6. The summed E-state index contributed by atoms with van der Waals surface area (Å²) in [6, 6.07) is 22.4. The molecule has 0 unspecified atom stereocenters. The number of alkyl halides is 3. The van der Waals surface area contributed by atoms with E-state index < -0.39 is 17.7 Å². The summed E-state index contributed by atoms with van der Waals surface area (Å²) in [5.41, 5.74) is 1.91. The highest BCUT2D eigenvalue weighted by Crippen LogP contribution is 2.39. The van der Waals surface area contributed by atoms with E-state index in [-0.39, 0.29) is 29.7 Å². The van der Waals surface area contributed by atoms with Crippen molar-refractivity contribution in [3.63, 3.8) is 0 Å². The third kappa shape index (κ3) is 5.61. The van der Waals surface area contributed by atoms with Crippen LogP contribution >= 0.6 is 0 Å². The van der Waals surface area contributed by atoms with Crippen LogP contribution in [0.15, 0.2) is 84.9 Å². The molecule has 6 nitrogen and oxygen atoms in total. The summed E-state index contributed by atoms with van der Waals surface area (Å²) in [6.45, 7) is 3.89. The summed E-state index contributed by atoms with van der Waals surface area (Å²) in [5, 5.41) is 17.1. The van der Waals surface area contributed by atoms with Gasteiger partial charge in [-0.15, -0.1) is 0 Å². The van der Waals surface area contributed by atoms with E-state index in [1.165, 1.54) is 0 Å². The third-order valence-corrected chi connectivity index (χ3v) is 6.95. The maximum absolute atomic E-state index is 13.5. The molecule has 0 aliphatic heterocycles. The molecule has 4 aromatic carbocycles. The summed E-state index contributed by atoms with van der Waals surface area (Å²) >= 11 is 0. The van der Waals surface area contributed by atoms with Gasteiger partial charge in [0.2, 0.25) is 0 Å². The van der Waals surface area contributed by atoms with Crippen molar-refractivity contribution >= 4 is 16.7 Å². The molecule has 0 radical (unpaired) electrons. The van der Waals surface area contributed by atoms with Crippen molar-refractivity contribution in [1.82, 2.24) is 9.78 Å². The number of carbonyl (C=O) groups excluding carboxylic acids is 1. The lowest BCUT2D eigenvalue weighted by molar-refractivity contribution is -0.137. The van der Waals surface area contributed by atoms with Crippen LogP contribution in [0, 0.1) is 0 Å². The van der Waals surface area contributed by atoms with Crippen LogP contribution in [-0.2, 0) is 10.9 Å². The molecule has 0 aliphatic rings. The van der Waals surface area contributed by atoms with E-state index >= 15 is 0 Å². The molecular formula is C32H27F3N2O4. The van der Waals surface area contributed by atoms with Crippen LogP contribution in [0.1, 0.15) is 41.4 Å². The van der Waals surface area contributed by atoms with E-state index in [9.17, 15) is 23.1 Å². The molecule has 1 aromatic heterocycles. The third-order valence-electron chi connectivity index (χ3n) is 6.95. The molecule has 9 heteroatoms.